The lowest BCUT2D eigenvalue weighted by Gasteiger charge is -2.29. The Labute approximate surface area is 124 Å². The lowest BCUT2D eigenvalue weighted by molar-refractivity contribution is -0.384. The Morgan fingerprint density at radius 1 is 1.33 bits per heavy atom. The minimum Gasteiger partial charge on any atom is -0.374 e. The van der Waals surface area contributed by atoms with Crippen LogP contribution in [0.1, 0.15) is 0 Å². The van der Waals surface area contributed by atoms with Crippen LogP contribution in [0.25, 0.3) is 10.6 Å². The van der Waals surface area contributed by atoms with E-state index in [0.29, 0.717) is 21.4 Å². The number of benzene rings is 1. The summed E-state index contributed by atoms with van der Waals surface area (Å²) in [5.41, 5.74) is 6.95. The molecular weight excluding hydrogens is 292 g/mol. The Bertz CT molecular complexity index is 668. The van der Waals surface area contributed by atoms with E-state index < -0.39 is 0 Å². The van der Waals surface area contributed by atoms with Gasteiger partial charge in [-0.1, -0.05) is 11.3 Å². The van der Waals surface area contributed by atoms with Gasteiger partial charge in [0, 0.05) is 37.8 Å². The molecule has 0 bridgehead atoms. The van der Waals surface area contributed by atoms with Crippen LogP contribution < -0.4 is 16.0 Å². The highest BCUT2D eigenvalue weighted by molar-refractivity contribution is 7.18. The summed E-state index contributed by atoms with van der Waals surface area (Å²) in [7, 11) is 0. The monoisotopic (exact) mass is 306 g/mol. The number of aromatic nitrogens is 2. The van der Waals surface area contributed by atoms with Gasteiger partial charge in [0.15, 0.2) is 0 Å². The van der Waals surface area contributed by atoms with E-state index in [1.54, 1.807) is 6.07 Å². The summed E-state index contributed by atoms with van der Waals surface area (Å²) in [6, 6.07) is 5.14. The van der Waals surface area contributed by atoms with Crippen molar-refractivity contribution in [2.24, 2.45) is 0 Å². The zero-order chi connectivity index (χ0) is 14.8. The highest BCUT2D eigenvalue weighted by atomic mass is 32.1. The molecule has 21 heavy (non-hydrogen) atoms. The molecule has 1 aromatic heterocycles. The molecular formula is C12H14N6O2S. The normalized spacial score (nSPS) is 15.1. The van der Waals surface area contributed by atoms with E-state index in [-0.39, 0.29) is 10.6 Å². The van der Waals surface area contributed by atoms with E-state index in [2.05, 4.69) is 15.5 Å². The molecule has 1 aliphatic heterocycles. The van der Waals surface area contributed by atoms with Crippen LogP contribution in [0.2, 0.25) is 0 Å². The van der Waals surface area contributed by atoms with Crippen molar-refractivity contribution in [3.63, 3.8) is 0 Å². The molecule has 1 aliphatic rings. The van der Waals surface area contributed by atoms with Crippen molar-refractivity contribution >= 4 is 27.8 Å². The lowest BCUT2D eigenvalue weighted by Crippen LogP contribution is -2.43. The van der Waals surface area contributed by atoms with Gasteiger partial charge < -0.3 is 16.0 Å². The fourth-order valence-electron chi connectivity index (χ4n) is 2.33. The van der Waals surface area contributed by atoms with Gasteiger partial charge in [0.05, 0.1) is 4.92 Å². The molecule has 2 heterocycles. The number of nitro benzene ring substituents is 1. The molecule has 8 nitrogen and oxygen atoms in total. The highest BCUT2D eigenvalue weighted by Crippen LogP contribution is 2.34. The number of nitrogens with zero attached hydrogens (tertiary/aromatic N) is 4. The Morgan fingerprint density at radius 2 is 2.10 bits per heavy atom. The summed E-state index contributed by atoms with van der Waals surface area (Å²) in [6.45, 7) is 3.16. The minimum atomic E-state index is -0.356. The first-order valence-electron chi connectivity index (χ1n) is 6.48. The first kappa shape index (κ1) is 13.7. The predicted molar refractivity (Wildman–Crippen MR) is 81.5 cm³/mol. The fraction of sp³-hybridized carbons (Fsp3) is 0.333. The molecule has 0 aliphatic carbocycles. The molecule has 0 atom stereocenters. The molecule has 110 valence electrons. The molecule has 0 unspecified atom stereocenters. The molecule has 3 N–H and O–H groups in total. The molecule has 9 heteroatoms. The molecule has 0 radical (unpaired) electrons. The van der Waals surface area contributed by atoms with Gasteiger partial charge in [0.2, 0.25) is 5.13 Å². The van der Waals surface area contributed by atoms with Crippen LogP contribution in [0.4, 0.5) is 16.5 Å². The Kier molecular flexibility index (Phi) is 3.67. The van der Waals surface area contributed by atoms with E-state index in [9.17, 15) is 10.1 Å². The van der Waals surface area contributed by atoms with Gasteiger partial charge >= 0.3 is 0 Å². The van der Waals surface area contributed by atoms with Crippen molar-refractivity contribution < 1.29 is 4.92 Å². The largest absolute Gasteiger partial charge is 0.374 e. The number of anilines is 2. The van der Waals surface area contributed by atoms with E-state index in [4.69, 9.17) is 5.73 Å². The van der Waals surface area contributed by atoms with Gasteiger partial charge in [-0.15, -0.1) is 10.2 Å². The number of rotatable bonds is 3. The molecule has 2 aromatic rings. The van der Waals surface area contributed by atoms with Crippen molar-refractivity contribution in [3.05, 3.63) is 28.3 Å². The summed E-state index contributed by atoms with van der Waals surface area (Å²) < 4.78 is 0. The van der Waals surface area contributed by atoms with Gasteiger partial charge in [-0.05, 0) is 12.1 Å². The number of piperazine rings is 1. The number of nitrogens with one attached hydrogen (secondary N) is 1. The number of hydrogen-bond donors (Lipinski definition) is 2. The summed E-state index contributed by atoms with van der Waals surface area (Å²) in [4.78, 5) is 13.0. The average Bonchev–Trinajstić information content (AvgIpc) is 2.94. The smallest absolute Gasteiger partial charge is 0.293 e. The Morgan fingerprint density at radius 3 is 2.71 bits per heavy atom. The fourth-order valence-corrected chi connectivity index (χ4v) is 2.93. The Balaban J connectivity index is 2.00. The maximum absolute atomic E-state index is 11.4. The first-order valence-corrected chi connectivity index (χ1v) is 7.30. The van der Waals surface area contributed by atoms with Crippen LogP contribution >= 0.6 is 11.3 Å². The molecule has 0 saturated carbocycles. The number of nitrogens with two attached hydrogens (primary N) is 1. The maximum Gasteiger partial charge on any atom is 0.293 e. The van der Waals surface area contributed by atoms with Gasteiger partial charge in [-0.2, -0.15) is 0 Å². The van der Waals surface area contributed by atoms with Crippen LogP contribution in [-0.2, 0) is 0 Å². The standard InChI is InChI=1S/C12H14N6O2S/c13-12-16-15-11(21-12)8-1-2-9(10(7-8)18(19)20)17-5-3-14-4-6-17/h1-2,7,14H,3-6H2,(H2,13,16). The van der Waals surface area contributed by atoms with Crippen molar-refractivity contribution in [2.75, 3.05) is 36.8 Å². The van der Waals surface area contributed by atoms with Crippen molar-refractivity contribution in [1.82, 2.24) is 15.5 Å². The summed E-state index contributed by atoms with van der Waals surface area (Å²) >= 11 is 1.21. The van der Waals surface area contributed by atoms with Gasteiger partial charge in [-0.3, -0.25) is 10.1 Å². The van der Waals surface area contributed by atoms with Crippen LogP contribution in [0.15, 0.2) is 18.2 Å². The van der Waals surface area contributed by atoms with E-state index in [1.165, 1.54) is 17.4 Å². The highest BCUT2D eigenvalue weighted by Gasteiger charge is 2.22. The molecule has 1 fully saturated rings. The van der Waals surface area contributed by atoms with Gasteiger partial charge in [0.25, 0.3) is 5.69 Å². The van der Waals surface area contributed by atoms with E-state index in [0.717, 1.165) is 26.2 Å². The zero-order valence-electron chi connectivity index (χ0n) is 11.2. The topological polar surface area (TPSA) is 110 Å². The second kappa shape index (κ2) is 5.62. The van der Waals surface area contributed by atoms with Gasteiger partial charge in [0.1, 0.15) is 10.7 Å². The van der Waals surface area contributed by atoms with E-state index in [1.807, 2.05) is 11.0 Å². The molecule has 3 rings (SSSR count). The summed E-state index contributed by atoms with van der Waals surface area (Å²) in [5, 5.41) is 23.2. The van der Waals surface area contributed by atoms with Gasteiger partial charge in [-0.25, -0.2) is 0 Å². The summed E-state index contributed by atoms with van der Waals surface area (Å²) in [5.74, 6) is 0. The van der Waals surface area contributed by atoms with Crippen LogP contribution in [0.5, 0.6) is 0 Å². The molecule has 1 saturated heterocycles. The number of nitrogen functional groups attached to an aromatic ring is 1. The third-order valence-corrected chi connectivity index (χ3v) is 4.12. The van der Waals surface area contributed by atoms with Crippen LogP contribution in [0.3, 0.4) is 0 Å². The lowest BCUT2D eigenvalue weighted by atomic mass is 10.1. The minimum absolute atomic E-state index is 0.0863. The molecule has 0 amide bonds. The van der Waals surface area contributed by atoms with Crippen molar-refractivity contribution in [3.8, 4) is 10.6 Å². The Hall–Kier alpha value is -2.26. The van der Waals surface area contributed by atoms with Crippen LogP contribution in [0, 0.1) is 10.1 Å². The summed E-state index contributed by atoms with van der Waals surface area (Å²) in [6.07, 6.45) is 0. The zero-order valence-corrected chi connectivity index (χ0v) is 12.0. The first-order chi connectivity index (χ1) is 10.1. The quantitative estimate of drug-likeness (QED) is 0.645. The number of nitro groups is 1. The second-order valence-corrected chi connectivity index (χ2v) is 5.65. The van der Waals surface area contributed by atoms with Crippen molar-refractivity contribution in [2.45, 2.75) is 0 Å². The van der Waals surface area contributed by atoms with Crippen LogP contribution in [-0.4, -0.2) is 41.3 Å². The number of hydrogen-bond acceptors (Lipinski definition) is 8. The average molecular weight is 306 g/mol. The third kappa shape index (κ3) is 2.78. The molecule has 1 aromatic carbocycles. The van der Waals surface area contributed by atoms with Crippen molar-refractivity contribution in [1.29, 1.82) is 0 Å². The maximum atomic E-state index is 11.4. The van der Waals surface area contributed by atoms with E-state index >= 15 is 0 Å². The molecule has 0 spiro atoms. The third-order valence-electron chi connectivity index (χ3n) is 3.32. The second-order valence-electron chi connectivity index (χ2n) is 4.64. The SMILES string of the molecule is Nc1nnc(-c2ccc(N3CCNCC3)c([N+](=O)[O-])c2)s1. The predicted octanol–water partition coefficient (Wildman–Crippen LogP) is 1.11.